The highest BCUT2D eigenvalue weighted by molar-refractivity contribution is 8.02. The quantitative estimate of drug-likeness (QED) is 0.571. The van der Waals surface area contributed by atoms with Gasteiger partial charge in [0.15, 0.2) is 9.84 Å². The van der Waals surface area contributed by atoms with Crippen molar-refractivity contribution >= 4 is 21.6 Å². The molecule has 1 aliphatic heterocycles. The van der Waals surface area contributed by atoms with Crippen LogP contribution in [0, 0.1) is 0 Å². The molecule has 1 atom stereocenters. The topological polar surface area (TPSA) is 34.1 Å². The molecule has 52 valence electrons. The average Bonchev–Trinajstić information content (AvgIpc) is 2.10. The molecule has 0 saturated carbocycles. The van der Waals surface area contributed by atoms with E-state index in [1.165, 1.54) is 5.41 Å². The number of sulfone groups is 1. The molecule has 2 nitrogen and oxygen atoms in total. The van der Waals surface area contributed by atoms with E-state index in [4.69, 9.17) is 0 Å². The third kappa shape index (κ3) is 1.72. The van der Waals surface area contributed by atoms with Crippen molar-refractivity contribution in [1.82, 2.24) is 0 Å². The van der Waals surface area contributed by atoms with Crippen LogP contribution in [0.4, 0.5) is 0 Å². The van der Waals surface area contributed by atoms with E-state index in [1.54, 1.807) is 17.8 Å². The van der Waals surface area contributed by atoms with E-state index in [2.05, 4.69) is 0 Å². The van der Waals surface area contributed by atoms with Gasteiger partial charge in [0, 0.05) is 10.7 Å². The summed E-state index contributed by atoms with van der Waals surface area (Å²) in [6.45, 7) is 0. The average molecular weight is 164 g/mol. The maximum absolute atomic E-state index is 10.7. The third-order valence-electron chi connectivity index (χ3n) is 1.20. The summed E-state index contributed by atoms with van der Waals surface area (Å²) in [4.78, 5) is 0. The van der Waals surface area contributed by atoms with E-state index in [-0.39, 0.29) is 11.0 Å². The Morgan fingerprint density at radius 1 is 1.67 bits per heavy atom. The molecule has 1 aliphatic rings. The Hall–Kier alpha value is 0.0400. The molecule has 0 spiro atoms. The highest BCUT2D eigenvalue weighted by Gasteiger charge is 2.19. The molecule has 1 unspecified atom stereocenters. The summed E-state index contributed by atoms with van der Waals surface area (Å²) in [6.07, 6.45) is 3.65. The molecule has 0 saturated heterocycles. The second-order valence-corrected chi connectivity index (χ2v) is 4.94. The molecule has 0 aromatic carbocycles. The fraction of sp³-hybridized carbons (Fsp3) is 0.600. The summed E-state index contributed by atoms with van der Waals surface area (Å²) in [5.74, 6) is 0.286. The molecular formula is C5H8O2S2. The van der Waals surface area contributed by atoms with Crippen LogP contribution >= 0.6 is 11.8 Å². The van der Waals surface area contributed by atoms with Crippen LogP contribution in [0.1, 0.15) is 0 Å². The Kier molecular flexibility index (Phi) is 1.86. The summed E-state index contributed by atoms with van der Waals surface area (Å²) in [6, 6.07) is 0. The largest absolute Gasteiger partial charge is 0.224 e. The first kappa shape index (κ1) is 7.15. The first-order chi connectivity index (χ1) is 4.14. The lowest BCUT2D eigenvalue weighted by molar-refractivity contribution is 0.606. The zero-order valence-corrected chi connectivity index (χ0v) is 6.71. The van der Waals surface area contributed by atoms with E-state index in [0.29, 0.717) is 0 Å². The second kappa shape index (κ2) is 2.34. The molecule has 0 bridgehead atoms. The van der Waals surface area contributed by atoms with Crippen molar-refractivity contribution < 1.29 is 8.42 Å². The van der Waals surface area contributed by atoms with Gasteiger partial charge in [0.25, 0.3) is 0 Å². The van der Waals surface area contributed by atoms with Crippen molar-refractivity contribution in [2.24, 2.45) is 0 Å². The lowest BCUT2D eigenvalue weighted by Crippen LogP contribution is -2.05. The number of rotatable bonds is 1. The van der Waals surface area contributed by atoms with Gasteiger partial charge in [-0.3, -0.25) is 0 Å². The van der Waals surface area contributed by atoms with Gasteiger partial charge in [-0.2, -0.15) is 11.8 Å². The van der Waals surface area contributed by atoms with E-state index in [9.17, 15) is 8.42 Å². The van der Waals surface area contributed by atoms with E-state index < -0.39 is 9.84 Å². The normalized spacial score (nSPS) is 31.0. The predicted octanol–water partition coefficient (Wildman–Crippen LogP) is 0.660. The van der Waals surface area contributed by atoms with Crippen LogP contribution in [0.5, 0.6) is 0 Å². The van der Waals surface area contributed by atoms with Crippen molar-refractivity contribution in [2.75, 3.05) is 12.0 Å². The fourth-order valence-electron chi connectivity index (χ4n) is 0.694. The summed E-state index contributed by atoms with van der Waals surface area (Å²) in [5.41, 5.74) is 0. The van der Waals surface area contributed by atoms with Crippen molar-refractivity contribution in [3.63, 3.8) is 0 Å². The number of hydrogen-bond donors (Lipinski definition) is 0. The van der Waals surface area contributed by atoms with Crippen LogP contribution in [0.15, 0.2) is 11.5 Å². The van der Waals surface area contributed by atoms with Crippen molar-refractivity contribution in [2.45, 2.75) is 5.25 Å². The van der Waals surface area contributed by atoms with Crippen LogP contribution in [-0.2, 0) is 9.84 Å². The Morgan fingerprint density at radius 3 is 2.56 bits per heavy atom. The van der Waals surface area contributed by atoms with E-state index in [0.717, 1.165) is 0 Å². The van der Waals surface area contributed by atoms with Gasteiger partial charge >= 0.3 is 0 Å². The minimum atomic E-state index is -2.81. The highest BCUT2D eigenvalue weighted by Crippen LogP contribution is 2.18. The summed E-state index contributed by atoms with van der Waals surface area (Å²) >= 11 is 1.57. The van der Waals surface area contributed by atoms with Crippen LogP contribution in [0.2, 0.25) is 0 Å². The van der Waals surface area contributed by atoms with E-state index in [1.807, 2.05) is 6.26 Å². The van der Waals surface area contributed by atoms with Gasteiger partial charge in [0.1, 0.15) is 0 Å². The molecule has 0 aromatic heterocycles. The fourth-order valence-corrected chi connectivity index (χ4v) is 3.25. The zero-order valence-electron chi connectivity index (χ0n) is 5.07. The SMILES string of the molecule is CSC1C=CS(=O)(=O)C1. The van der Waals surface area contributed by atoms with Gasteiger partial charge in [-0.25, -0.2) is 8.42 Å². The van der Waals surface area contributed by atoms with Gasteiger partial charge in [0.2, 0.25) is 0 Å². The molecule has 4 heteroatoms. The predicted molar refractivity (Wildman–Crippen MR) is 40.2 cm³/mol. The van der Waals surface area contributed by atoms with Gasteiger partial charge in [-0.1, -0.05) is 6.08 Å². The lowest BCUT2D eigenvalue weighted by atomic mass is 10.5. The summed E-state index contributed by atoms with van der Waals surface area (Å²) in [7, 11) is -2.81. The standard InChI is InChI=1S/C5H8O2S2/c1-8-5-2-3-9(6,7)4-5/h2-3,5H,4H2,1H3. The first-order valence-corrected chi connectivity index (χ1v) is 5.58. The number of thioether (sulfide) groups is 1. The molecule has 1 heterocycles. The molecule has 0 N–H and O–H groups in total. The van der Waals surface area contributed by atoms with Crippen molar-refractivity contribution in [3.05, 3.63) is 11.5 Å². The Balaban J connectivity index is 2.72. The first-order valence-electron chi connectivity index (χ1n) is 2.58. The molecule has 0 aliphatic carbocycles. The molecule has 0 amide bonds. The Bertz CT molecular complexity index is 215. The van der Waals surface area contributed by atoms with Gasteiger partial charge in [-0.05, 0) is 6.26 Å². The monoisotopic (exact) mass is 164 g/mol. The minimum Gasteiger partial charge on any atom is -0.224 e. The molecule has 9 heavy (non-hydrogen) atoms. The van der Waals surface area contributed by atoms with Crippen molar-refractivity contribution in [3.8, 4) is 0 Å². The summed E-state index contributed by atoms with van der Waals surface area (Å²) in [5, 5.41) is 1.49. The van der Waals surface area contributed by atoms with Crippen LogP contribution in [0.25, 0.3) is 0 Å². The smallest absolute Gasteiger partial charge is 0.172 e. The second-order valence-electron chi connectivity index (χ2n) is 1.93. The molecule has 0 aromatic rings. The Morgan fingerprint density at radius 2 is 2.33 bits per heavy atom. The van der Waals surface area contributed by atoms with Crippen LogP contribution < -0.4 is 0 Å². The van der Waals surface area contributed by atoms with Gasteiger partial charge < -0.3 is 0 Å². The van der Waals surface area contributed by atoms with Gasteiger partial charge in [0.05, 0.1) is 5.75 Å². The maximum Gasteiger partial charge on any atom is 0.172 e. The van der Waals surface area contributed by atoms with Crippen LogP contribution in [0.3, 0.4) is 0 Å². The van der Waals surface area contributed by atoms with Crippen molar-refractivity contribution in [1.29, 1.82) is 0 Å². The molecule has 1 rings (SSSR count). The van der Waals surface area contributed by atoms with Gasteiger partial charge in [-0.15, -0.1) is 0 Å². The third-order valence-corrected chi connectivity index (χ3v) is 3.74. The highest BCUT2D eigenvalue weighted by atomic mass is 32.2. The molecule has 0 radical (unpaired) electrons. The maximum atomic E-state index is 10.7. The lowest BCUT2D eigenvalue weighted by Gasteiger charge is -1.97. The van der Waals surface area contributed by atoms with Crippen LogP contribution in [-0.4, -0.2) is 25.7 Å². The van der Waals surface area contributed by atoms with E-state index >= 15 is 0 Å². The molecule has 0 fully saturated rings. The minimum absolute atomic E-state index is 0.190. The molecular weight excluding hydrogens is 156 g/mol. The zero-order chi connectivity index (χ0) is 6.91. The Labute approximate surface area is 59.3 Å². The number of hydrogen-bond acceptors (Lipinski definition) is 3. The summed E-state index contributed by atoms with van der Waals surface area (Å²) < 4.78 is 21.4.